The first kappa shape index (κ1) is 11.7. The molecule has 4 heteroatoms. The summed E-state index contributed by atoms with van der Waals surface area (Å²) < 4.78 is 10.6. The zero-order valence-electron chi connectivity index (χ0n) is 8.50. The Labute approximate surface area is 94.2 Å². The molecule has 1 aromatic carbocycles. The van der Waals surface area contributed by atoms with E-state index in [1.807, 2.05) is 6.07 Å². The van der Waals surface area contributed by atoms with Gasteiger partial charge in [0.1, 0.15) is 0 Å². The first-order valence-electron chi connectivity index (χ1n) is 4.58. The van der Waals surface area contributed by atoms with Crippen molar-refractivity contribution in [2.45, 2.75) is 6.42 Å². The number of nitriles is 1. The van der Waals surface area contributed by atoms with Gasteiger partial charge in [-0.25, -0.2) is 0 Å². The fraction of sp³-hybridized carbons (Fsp3) is 0.364. The second-order valence-corrected chi connectivity index (χ2v) is 3.25. The minimum atomic E-state index is 0.523. The van der Waals surface area contributed by atoms with Crippen LogP contribution in [0.3, 0.4) is 0 Å². The Morgan fingerprint density at radius 2 is 2.20 bits per heavy atom. The maximum Gasteiger partial charge on any atom is 0.162 e. The highest BCUT2D eigenvalue weighted by molar-refractivity contribution is 6.17. The van der Waals surface area contributed by atoms with E-state index < -0.39 is 0 Å². The molecular formula is C11H12ClNO2. The molecular weight excluding hydrogens is 214 g/mol. The van der Waals surface area contributed by atoms with Crippen molar-refractivity contribution in [3.05, 3.63) is 23.8 Å². The second-order valence-electron chi connectivity index (χ2n) is 2.87. The molecule has 1 aromatic rings. The van der Waals surface area contributed by atoms with E-state index in [2.05, 4.69) is 0 Å². The molecule has 0 unspecified atom stereocenters. The number of ether oxygens (including phenoxy) is 2. The number of alkyl halides is 1. The summed E-state index contributed by atoms with van der Waals surface area (Å²) in [6, 6.07) is 7.11. The van der Waals surface area contributed by atoms with Gasteiger partial charge in [-0.05, 0) is 18.6 Å². The lowest BCUT2D eigenvalue weighted by Crippen LogP contribution is -2.00. The van der Waals surface area contributed by atoms with Gasteiger partial charge in [0.25, 0.3) is 0 Å². The van der Waals surface area contributed by atoms with Crippen molar-refractivity contribution >= 4 is 11.6 Å². The van der Waals surface area contributed by atoms with Crippen LogP contribution < -0.4 is 9.47 Å². The molecule has 0 radical (unpaired) electrons. The van der Waals surface area contributed by atoms with E-state index in [9.17, 15) is 0 Å². The van der Waals surface area contributed by atoms with Gasteiger partial charge in [0, 0.05) is 11.9 Å². The summed E-state index contributed by atoms with van der Waals surface area (Å²) in [6.45, 7) is 0.523. The Hall–Kier alpha value is -1.40. The van der Waals surface area contributed by atoms with Crippen LogP contribution in [-0.2, 0) is 0 Å². The molecule has 0 bridgehead atoms. The lowest BCUT2D eigenvalue weighted by molar-refractivity contribution is 0.295. The fourth-order valence-corrected chi connectivity index (χ4v) is 1.20. The maximum atomic E-state index is 8.73. The number of methoxy groups -OCH3 is 1. The molecule has 0 aromatic heterocycles. The topological polar surface area (TPSA) is 42.2 Å². The molecule has 1 rings (SSSR count). The van der Waals surface area contributed by atoms with Crippen LogP contribution in [0.25, 0.3) is 0 Å². The molecule has 0 atom stereocenters. The van der Waals surface area contributed by atoms with Gasteiger partial charge in [-0.2, -0.15) is 5.26 Å². The van der Waals surface area contributed by atoms with Crippen molar-refractivity contribution in [2.75, 3.05) is 19.6 Å². The molecule has 0 aliphatic rings. The quantitative estimate of drug-likeness (QED) is 0.571. The van der Waals surface area contributed by atoms with E-state index in [1.165, 1.54) is 0 Å². The van der Waals surface area contributed by atoms with Crippen molar-refractivity contribution in [3.63, 3.8) is 0 Å². The molecule has 0 aliphatic heterocycles. The molecule has 0 amide bonds. The van der Waals surface area contributed by atoms with Crippen LogP contribution in [0.15, 0.2) is 18.2 Å². The third-order valence-corrected chi connectivity index (χ3v) is 2.10. The number of rotatable bonds is 5. The standard InChI is InChI=1S/C11H12ClNO2/c1-14-10-4-3-9(8-13)7-11(10)15-6-2-5-12/h3-4,7H,2,5-6H2,1H3. The highest BCUT2D eigenvalue weighted by Crippen LogP contribution is 2.27. The zero-order chi connectivity index (χ0) is 11.1. The van der Waals surface area contributed by atoms with E-state index >= 15 is 0 Å². The van der Waals surface area contributed by atoms with Crippen molar-refractivity contribution in [1.29, 1.82) is 5.26 Å². The highest BCUT2D eigenvalue weighted by Gasteiger charge is 2.05. The lowest BCUT2D eigenvalue weighted by atomic mass is 10.2. The summed E-state index contributed by atoms with van der Waals surface area (Å²) in [5.41, 5.74) is 0.552. The van der Waals surface area contributed by atoms with Gasteiger partial charge in [-0.15, -0.1) is 11.6 Å². The number of benzene rings is 1. The average Bonchev–Trinajstić information content (AvgIpc) is 2.29. The first-order valence-corrected chi connectivity index (χ1v) is 5.12. The molecule has 0 aliphatic carbocycles. The SMILES string of the molecule is COc1ccc(C#N)cc1OCCCCl. The second kappa shape index (κ2) is 6.15. The van der Waals surface area contributed by atoms with Crippen LogP contribution >= 0.6 is 11.6 Å². The minimum absolute atomic E-state index is 0.523. The van der Waals surface area contributed by atoms with Crippen LogP contribution in [0.2, 0.25) is 0 Å². The van der Waals surface area contributed by atoms with Crippen LogP contribution in [-0.4, -0.2) is 19.6 Å². The third-order valence-electron chi connectivity index (χ3n) is 1.83. The molecule has 0 saturated carbocycles. The number of nitrogens with zero attached hydrogens (tertiary/aromatic N) is 1. The van der Waals surface area contributed by atoms with Crippen LogP contribution in [0.4, 0.5) is 0 Å². The summed E-state index contributed by atoms with van der Waals surface area (Å²) >= 11 is 5.54. The van der Waals surface area contributed by atoms with Gasteiger partial charge in [-0.3, -0.25) is 0 Å². The number of hydrogen-bond acceptors (Lipinski definition) is 3. The summed E-state index contributed by atoms with van der Waals surface area (Å²) in [7, 11) is 1.57. The summed E-state index contributed by atoms with van der Waals surface area (Å²) in [4.78, 5) is 0. The summed E-state index contributed by atoms with van der Waals surface area (Å²) in [5.74, 6) is 1.77. The summed E-state index contributed by atoms with van der Waals surface area (Å²) in [5, 5.41) is 8.73. The Morgan fingerprint density at radius 1 is 1.40 bits per heavy atom. The predicted octanol–water partition coefficient (Wildman–Crippen LogP) is 2.57. The Balaban J connectivity index is 2.78. The normalized spacial score (nSPS) is 9.40. The predicted molar refractivity (Wildman–Crippen MR) is 58.5 cm³/mol. The van der Waals surface area contributed by atoms with E-state index in [0.29, 0.717) is 29.5 Å². The Morgan fingerprint density at radius 3 is 2.80 bits per heavy atom. The zero-order valence-corrected chi connectivity index (χ0v) is 9.25. The molecule has 0 saturated heterocycles. The molecule has 80 valence electrons. The van der Waals surface area contributed by atoms with E-state index in [0.717, 1.165) is 6.42 Å². The van der Waals surface area contributed by atoms with Crippen molar-refractivity contribution in [2.24, 2.45) is 0 Å². The highest BCUT2D eigenvalue weighted by atomic mass is 35.5. The van der Waals surface area contributed by atoms with Gasteiger partial charge in [0.2, 0.25) is 0 Å². The largest absolute Gasteiger partial charge is 0.493 e. The van der Waals surface area contributed by atoms with E-state index in [1.54, 1.807) is 25.3 Å². The van der Waals surface area contributed by atoms with Crippen molar-refractivity contribution in [1.82, 2.24) is 0 Å². The van der Waals surface area contributed by atoms with Crippen molar-refractivity contribution < 1.29 is 9.47 Å². The molecule has 0 heterocycles. The lowest BCUT2D eigenvalue weighted by Gasteiger charge is -2.09. The first-order chi connectivity index (χ1) is 7.31. The van der Waals surface area contributed by atoms with Crippen LogP contribution in [0.5, 0.6) is 11.5 Å². The Kier molecular flexibility index (Phi) is 4.79. The van der Waals surface area contributed by atoms with Crippen LogP contribution in [0.1, 0.15) is 12.0 Å². The van der Waals surface area contributed by atoms with Gasteiger partial charge in [0.15, 0.2) is 11.5 Å². The Bertz CT molecular complexity index is 360. The molecule has 0 spiro atoms. The van der Waals surface area contributed by atoms with Crippen molar-refractivity contribution in [3.8, 4) is 17.6 Å². The minimum Gasteiger partial charge on any atom is -0.493 e. The van der Waals surface area contributed by atoms with Crippen LogP contribution in [0, 0.1) is 11.3 Å². The number of hydrogen-bond donors (Lipinski definition) is 0. The van der Waals surface area contributed by atoms with Gasteiger partial charge < -0.3 is 9.47 Å². The van der Waals surface area contributed by atoms with Gasteiger partial charge >= 0.3 is 0 Å². The number of halogens is 1. The van der Waals surface area contributed by atoms with Gasteiger partial charge in [0.05, 0.1) is 25.3 Å². The third kappa shape index (κ3) is 3.34. The molecule has 0 fully saturated rings. The average molecular weight is 226 g/mol. The summed E-state index contributed by atoms with van der Waals surface area (Å²) in [6.07, 6.45) is 0.765. The molecule has 3 nitrogen and oxygen atoms in total. The van der Waals surface area contributed by atoms with E-state index in [4.69, 9.17) is 26.3 Å². The maximum absolute atomic E-state index is 8.73. The van der Waals surface area contributed by atoms with E-state index in [-0.39, 0.29) is 0 Å². The van der Waals surface area contributed by atoms with Gasteiger partial charge in [-0.1, -0.05) is 0 Å². The fourth-order valence-electron chi connectivity index (χ4n) is 1.10. The monoisotopic (exact) mass is 225 g/mol. The smallest absolute Gasteiger partial charge is 0.162 e. The molecule has 15 heavy (non-hydrogen) atoms. The molecule has 0 N–H and O–H groups in total.